The minimum Gasteiger partial charge on any atom is -0.384 e. The highest BCUT2D eigenvalue weighted by atomic mass is 16.1. The van der Waals surface area contributed by atoms with Crippen LogP contribution in [0.2, 0.25) is 0 Å². The summed E-state index contributed by atoms with van der Waals surface area (Å²) in [7, 11) is 0. The van der Waals surface area contributed by atoms with Gasteiger partial charge in [0.05, 0.1) is 0 Å². The van der Waals surface area contributed by atoms with Gasteiger partial charge in [0.1, 0.15) is 18.0 Å². The maximum Gasteiger partial charge on any atom is 0.217 e. The second-order valence-corrected chi connectivity index (χ2v) is 2.82. The van der Waals surface area contributed by atoms with Crippen LogP contribution in [0.1, 0.15) is 12.8 Å². The van der Waals surface area contributed by atoms with E-state index >= 15 is 0 Å². The summed E-state index contributed by atoms with van der Waals surface area (Å²) in [5.41, 5.74) is 10.4. The van der Waals surface area contributed by atoms with Gasteiger partial charge in [-0.25, -0.2) is 9.97 Å². The predicted molar refractivity (Wildman–Crippen MR) is 53.4 cm³/mol. The zero-order valence-electron chi connectivity index (χ0n) is 7.73. The van der Waals surface area contributed by atoms with Crippen LogP contribution in [0.25, 0.3) is 0 Å². The second-order valence-electron chi connectivity index (χ2n) is 2.82. The largest absolute Gasteiger partial charge is 0.384 e. The van der Waals surface area contributed by atoms with E-state index in [9.17, 15) is 4.79 Å². The van der Waals surface area contributed by atoms with Gasteiger partial charge in [0, 0.05) is 19.0 Å². The highest BCUT2D eigenvalue weighted by Gasteiger charge is 1.96. The molecule has 0 aliphatic rings. The summed E-state index contributed by atoms with van der Waals surface area (Å²) in [6.07, 6.45) is 2.43. The van der Waals surface area contributed by atoms with Gasteiger partial charge in [-0.1, -0.05) is 0 Å². The summed E-state index contributed by atoms with van der Waals surface area (Å²) < 4.78 is 0. The van der Waals surface area contributed by atoms with Crippen LogP contribution >= 0.6 is 0 Å². The molecule has 5 N–H and O–H groups in total. The number of nitrogen functional groups attached to an aromatic ring is 1. The fraction of sp³-hybridized carbons (Fsp3) is 0.375. The molecule has 0 radical (unpaired) electrons. The van der Waals surface area contributed by atoms with E-state index in [-0.39, 0.29) is 5.91 Å². The van der Waals surface area contributed by atoms with Crippen LogP contribution in [0.5, 0.6) is 0 Å². The lowest BCUT2D eigenvalue weighted by atomic mass is 10.3. The van der Waals surface area contributed by atoms with Gasteiger partial charge in [0.15, 0.2) is 0 Å². The lowest BCUT2D eigenvalue weighted by Crippen LogP contribution is -2.13. The molecule has 0 spiro atoms. The average Bonchev–Trinajstić information content (AvgIpc) is 2.12. The molecule has 76 valence electrons. The number of anilines is 2. The Balaban J connectivity index is 2.28. The second kappa shape index (κ2) is 5.00. The summed E-state index contributed by atoms with van der Waals surface area (Å²) in [6, 6.07) is 1.63. The molecule has 0 atom stereocenters. The number of amides is 1. The standard InChI is InChI=1S/C8H13N5O/c9-6-4-8(13-5-12-6)11-3-1-2-7(10)14/h4-5H,1-3H2,(H2,10,14)(H3,9,11,12,13). The maximum atomic E-state index is 10.4. The monoisotopic (exact) mass is 195 g/mol. The molecule has 6 heteroatoms. The van der Waals surface area contributed by atoms with Gasteiger partial charge < -0.3 is 16.8 Å². The minimum atomic E-state index is -0.297. The molecule has 0 saturated carbocycles. The SMILES string of the molecule is NC(=O)CCCNc1cc(N)ncn1. The molecule has 0 aliphatic carbocycles. The van der Waals surface area contributed by atoms with Gasteiger partial charge in [0.2, 0.25) is 5.91 Å². The third-order valence-electron chi connectivity index (χ3n) is 1.59. The number of nitrogens with two attached hydrogens (primary N) is 2. The van der Waals surface area contributed by atoms with Crippen molar-refractivity contribution in [2.75, 3.05) is 17.6 Å². The summed E-state index contributed by atoms with van der Waals surface area (Å²) >= 11 is 0. The molecule has 0 aliphatic heterocycles. The lowest BCUT2D eigenvalue weighted by molar-refractivity contribution is -0.118. The molecule has 1 aromatic heterocycles. The normalized spacial score (nSPS) is 9.71. The molecule has 0 bridgehead atoms. The quantitative estimate of drug-likeness (QED) is 0.561. The van der Waals surface area contributed by atoms with E-state index in [1.54, 1.807) is 6.07 Å². The Labute approximate surface area is 81.7 Å². The number of aromatic nitrogens is 2. The van der Waals surface area contributed by atoms with E-state index in [4.69, 9.17) is 11.5 Å². The zero-order chi connectivity index (χ0) is 10.4. The van der Waals surface area contributed by atoms with Crippen LogP contribution < -0.4 is 16.8 Å². The van der Waals surface area contributed by atoms with Gasteiger partial charge >= 0.3 is 0 Å². The van der Waals surface area contributed by atoms with Crippen molar-refractivity contribution in [2.45, 2.75) is 12.8 Å². The van der Waals surface area contributed by atoms with Crippen LogP contribution in [-0.2, 0) is 4.79 Å². The molecular formula is C8H13N5O. The predicted octanol–water partition coefficient (Wildman–Crippen LogP) is -0.264. The Bertz CT molecular complexity index is 314. The molecule has 6 nitrogen and oxygen atoms in total. The summed E-state index contributed by atoms with van der Waals surface area (Å²) in [6.45, 7) is 0.638. The Kier molecular flexibility index (Phi) is 3.66. The molecule has 14 heavy (non-hydrogen) atoms. The Morgan fingerprint density at radius 3 is 2.93 bits per heavy atom. The number of carbonyl (C=O) groups excluding carboxylic acids is 1. The van der Waals surface area contributed by atoms with Gasteiger partial charge in [-0.05, 0) is 6.42 Å². The van der Waals surface area contributed by atoms with Crippen molar-refractivity contribution in [3.05, 3.63) is 12.4 Å². The van der Waals surface area contributed by atoms with Crippen LogP contribution in [0.15, 0.2) is 12.4 Å². The molecule has 1 amide bonds. The first-order chi connectivity index (χ1) is 6.68. The Morgan fingerprint density at radius 2 is 2.29 bits per heavy atom. The Morgan fingerprint density at radius 1 is 1.50 bits per heavy atom. The summed E-state index contributed by atoms with van der Waals surface area (Å²) in [5.74, 6) is 0.772. The number of nitrogens with zero attached hydrogens (tertiary/aromatic N) is 2. The fourth-order valence-electron chi connectivity index (χ4n) is 0.948. The molecule has 0 saturated heterocycles. The molecule has 0 unspecified atom stereocenters. The van der Waals surface area contributed by atoms with Gasteiger partial charge in [-0.15, -0.1) is 0 Å². The maximum absolute atomic E-state index is 10.4. The van der Waals surface area contributed by atoms with E-state index in [1.165, 1.54) is 6.33 Å². The lowest BCUT2D eigenvalue weighted by Gasteiger charge is -2.03. The minimum absolute atomic E-state index is 0.297. The van der Waals surface area contributed by atoms with Crippen molar-refractivity contribution in [3.63, 3.8) is 0 Å². The van der Waals surface area contributed by atoms with E-state index in [0.29, 0.717) is 31.0 Å². The van der Waals surface area contributed by atoms with Crippen molar-refractivity contribution >= 4 is 17.5 Å². The van der Waals surface area contributed by atoms with Crippen molar-refractivity contribution < 1.29 is 4.79 Å². The third kappa shape index (κ3) is 3.70. The van der Waals surface area contributed by atoms with Crippen molar-refractivity contribution in [3.8, 4) is 0 Å². The fourth-order valence-corrected chi connectivity index (χ4v) is 0.948. The first-order valence-corrected chi connectivity index (χ1v) is 4.28. The van der Waals surface area contributed by atoms with Gasteiger partial charge in [0.25, 0.3) is 0 Å². The van der Waals surface area contributed by atoms with E-state index in [0.717, 1.165) is 0 Å². The zero-order valence-corrected chi connectivity index (χ0v) is 7.73. The number of nitrogens with one attached hydrogen (secondary N) is 1. The van der Waals surface area contributed by atoms with Crippen LogP contribution in [-0.4, -0.2) is 22.4 Å². The molecular weight excluding hydrogens is 182 g/mol. The van der Waals surface area contributed by atoms with Crippen molar-refractivity contribution in [2.24, 2.45) is 5.73 Å². The summed E-state index contributed by atoms with van der Waals surface area (Å²) in [5, 5.41) is 3.00. The number of primary amides is 1. The van der Waals surface area contributed by atoms with E-state index in [1.807, 2.05) is 0 Å². The summed E-state index contributed by atoms with van der Waals surface area (Å²) in [4.78, 5) is 18.1. The number of hydrogen-bond acceptors (Lipinski definition) is 5. The van der Waals surface area contributed by atoms with Crippen molar-refractivity contribution in [1.82, 2.24) is 9.97 Å². The number of rotatable bonds is 5. The first kappa shape index (κ1) is 10.2. The molecule has 0 aromatic carbocycles. The molecule has 1 rings (SSSR count). The number of hydrogen-bond donors (Lipinski definition) is 3. The van der Waals surface area contributed by atoms with Crippen LogP contribution in [0.4, 0.5) is 11.6 Å². The smallest absolute Gasteiger partial charge is 0.217 e. The van der Waals surface area contributed by atoms with E-state index < -0.39 is 0 Å². The first-order valence-electron chi connectivity index (χ1n) is 4.28. The highest BCUT2D eigenvalue weighted by Crippen LogP contribution is 2.04. The topological polar surface area (TPSA) is 107 Å². The van der Waals surface area contributed by atoms with Gasteiger partial charge in [-0.2, -0.15) is 0 Å². The van der Waals surface area contributed by atoms with E-state index in [2.05, 4.69) is 15.3 Å². The molecule has 1 aromatic rings. The van der Waals surface area contributed by atoms with Crippen LogP contribution in [0.3, 0.4) is 0 Å². The Hall–Kier alpha value is -1.85. The molecule has 0 fully saturated rings. The van der Waals surface area contributed by atoms with Gasteiger partial charge in [-0.3, -0.25) is 4.79 Å². The number of carbonyl (C=O) groups is 1. The van der Waals surface area contributed by atoms with Crippen LogP contribution in [0, 0.1) is 0 Å². The van der Waals surface area contributed by atoms with Crippen molar-refractivity contribution in [1.29, 1.82) is 0 Å². The third-order valence-corrected chi connectivity index (χ3v) is 1.59. The highest BCUT2D eigenvalue weighted by molar-refractivity contribution is 5.73. The average molecular weight is 195 g/mol. The molecule has 1 heterocycles.